The zero-order chi connectivity index (χ0) is 14.1. The number of aryl methyl sites for hydroxylation is 2. The molecule has 0 saturated carbocycles. The molecule has 3 rings (SSSR count). The number of aromatic amines is 1. The van der Waals surface area contributed by atoms with E-state index in [0.29, 0.717) is 12.3 Å². The molecular formula is C16H17N3O. The molecular weight excluding hydrogens is 250 g/mol. The first-order valence-corrected chi connectivity index (χ1v) is 6.56. The minimum absolute atomic E-state index is 0.401. The second-order valence-electron chi connectivity index (χ2n) is 4.98. The Hall–Kier alpha value is -2.49. The Balaban J connectivity index is 1.83. The third-order valence-electron chi connectivity index (χ3n) is 3.30. The average Bonchev–Trinajstić information content (AvgIpc) is 2.84. The Labute approximate surface area is 117 Å². The highest BCUT2D eigenvalue weighted by atomic mass is 16.5. The fraction of sp³-hybridized carbons (Fsp3) is 0.188. The number of nitrogens with zero attached hydrogens (tertiary/aromatic N) is 1. The normalized spacial score (nSPS) is 10.9. The van der Waals surface area contributed by atoms with E-state index in [9.17, 15) is 0 Å². The molecule has 0 bridgehead atoms. The van der Waals surface area contributed by atoms with Crippen molar-refractivity contribution in [3.63, 3.8) is 0 Å². The molecule has 0 saturated heterocycles. The maximum Gasteiger partial charge on any atom is 0.146 e. The molecule has 0 amide bonds. The predicted molar refractivity (Wildman–Crippen MR) is 80.8 cm³/mol. The summed E-state index contributed by atoms with van der Waals surface area (Å²) in [7, 11) is 0. The van der Waals surface area contributed by atoms with Crippen molar-refractivity contribution in [2.45, 2.75) is 20.5 Å². The van der Waals surface area contributed by atoms with Gasteiger partial charge in [-0.15, -0.1) is 0 Å². The van der Waals surface area contributed by atoms with E-state index in [1.54, 1.807) is 0 Å². The molecule has 3 N–H and O–H groups in total. The van der Waals surface area contributed by atoms with Gasteiger partial charge in [0.1, 0.15) is 23.7 Å². The topological polar surface area (TPSA) is 63.9 Å². The fourth-order valence-electron chi connectivity index (χ4n) is 2.18. The number of fused-ring (bicyclic) bond motifs is 1. The Bertz CT molecular complexity index is 762. The summed E-state index contributed by atoms with van der Waals surface area (Å²) in [6.45, 7) is 4.48. The number of rotatable bonds is 3. The first-order chi connectivity index (χ1) is 9.63. The highest BCUT2D eigenvalue weighted by Gasteiger charge is 2.07. The van der Waals surface area contributed by atoms with E-state index in [1.807, 2.05) is 38.1 Å². The van der Waals surface area contributed by atoms with Gasteiger partial charge in [0.2, 0.25) is 0 Å². The summed E-state index contributed by atoms with van der Waals surface area (Å²) in [4.78, 5) is 7.70. The van der Waals surface area contributed by atoms with Crippen LogP contribution in [0.4, 0.5) is 5.69 Å². The molecule has 0 aliphatic heterocycles. The van der Waals surface area contributed by atoms with Crippen molar-refractivity contribution in [3.8, 4) is 5.75 Å². The van der Waals surface area contributed by atoms with E-state index in [4.69, 9.17) is 10.5 Å². The Morgan fingerprint density at radius 3 is 2.85 bits per heavy atom. The first-order valence-electron chi connectivity index (χ1n) is 6.56. The average molecular weight is 267 g/mol. The van der Waals surface area contributed by atoms with Gasteiger partial charge in [-0.2, -0.15) is 0 Å². The number of hydrogen-bond acceptors (Lipinski definition) is 3. The number of nitrogens with one attached hydrogen (secondary N) is 1. The molecule has 0 fully saturated rings. The van der Waals surface area contributed by atoms with Gasteiger partial charge in [0.25, 0.3) is 0 Å². The first kappa shape index (κ1) is 12.5. The molecule has 4 heteroatoms. The van der Waals surface area contributed by atoms with Crippen LogP contribution in [-0.2, 0) is 6.61 Å². The van der Waals surface area contributed by atoms with Gasteiger partial charge in [-0.25, -0.2) is 4.98 Å². The van der Waals surface area contributed by atoms with Crippen LogP contribution in [0.1, 0.15) is 17.0 Å². The lowest BCUT2D eigenvalue weighted by atomic mass is 10.1. The predicted octanol–water partition coefficient (Wildman–Crippen LogP) is 3.34. The molecule has 102 valence electrons. The van der Waals surface area contributed by atoms with E-state index >= 15 is 0 Å². The third kappa shape index (κ3) is 2.32. The van der Waals surface area contributed by atoms with Crippen molar-refractivity contribution >= 4 is 16.7 Å². The summed E-state index contributed by atoms with van der Waals surface area (Å²) in [5.74, 6) is 1.66. The minimum Gasteiger partial charge on any atom is -0.485 e. The number of nitrogens with two attached hydrogens (primary N) is 1. The van der Waals surface area contributed by atoms with Crippen molar-refractivity contribution in [1.29, 1.82) is 0 Å². The summed E-state index contributed by atoms with van der Waals surface area (Å²) in [5.41, 5.74) is 10.6. The van der Waals surface area contributed by atoms with Crippen LogP contribution in [-0.4, -0.2) is 9.97 Å². The second-order valence-corrected chi connectivity index (χ2v) is 4.98. The van der Waals surface area contributed by atoms with Crippen molar-refractivity contribution in [2.75, 3.05) is 5.73 Å². The lowest BCUT2D eigenvalue weighted by Crippen LogP contribution is -1.99. The van der Waals surface area contributed by atoms with Gasteiger partial charge in [-0.1, -0.05) is 18.2 Å². The van der Waals surface area contributed by atoms with Crippen LogP contribution in [0.25, 0.3) is 11.0 Å². The molecule has 0 spiro atoms. The summed E-state index contributed by atoms with van der Waals surface area (Å²) in [6.07, 6.45) is 0. The monoisotopic (exact) mass is 267 g/mol. The molecule has 20 heavy (non-hydrogen) atoms. The van der Waals surface area contributed by atoms with Crippen molar-refractivity contribution in [3.05, 3.63) is 53.3 Å². The van der Waals surface area contributed by atoms with E-state index in [-0.39, 0.29) is 0 Å². The molecule has 1 aromatic heterocycles. The zero-order valence-corrected chi connectivity index (χ0v) is 11.6. The second kappa shape index (κ2) is 4.89. The largest absolute Gasteiger partial charge is 0.485 e. The summed E-state index contributed by atoms with van der Waals surface area (Å²) < 4.78 is 5.84. The van der Waals surface area contributed by atoms with Crippen LogP contribution in [0.15, 0.2) is 36.4 Å². The lowest BCUT2D eigenvalue weighted by Gasteiger charge is -2.08. The molecule has 3 aromatic rings. The molecule has 0 unspecified atom stereocenters. The van der Waals surface area contributed by atoms with E-state index < -0.39 is 0 Å². The minimum atomic E-state index is 0.401. The quantitative estimate of drug-likeness (QED) is 0.715. The Kier molecular flexibility index (Phi) is 3.06. The van der Waals surface area contributed by atoms with Gasteiger partial charge >= 0.3 is 0 Å². The van der Waals surface area contributed by atoms with Crippen molar-refractivity contribution in [1.82, 2.24) is 9.97 Å². The number of para-hydroxylation sites is 1. The number of ether oxygens (including phenoxy) is 1. The van der Waals surface area contributed by atoms with Gasteiger partial charge < -0.3 is 15.5 Å². The van der Waals surface area contributed by atoms with Crippen LogP contribution in [0.3, 0.4) is 0 Å². The van der Waals surface area contributed by atoms with Gasteiger partial charge in [-0.3, -0.25) is 0 Å². The lowest BCUT2D eigenvalue weighted by molar-refractivity contribution is 0.295. The molecule has 0 aliphatic carbocycles. The van der Waals surface area contributed by atoms with Gasteiger partial charge in [0, 0.05) is 0 Å². The van der Waals surface area contributed by atoms with Gasteiger partial charge in [-0.05, 0) is 43.2 Å². The van der Waals surface area contributed by atoms with Gasteiger partial charge in [0.15, 0.2) is 0 Å². The zero-order valence-electron chi connectivity index (χ0n) is 11.6. The molecule has 4 nitrogen and oxygen atoms in total. The van der Waals surface area contributed by atoms with Crippen LogP contribution >= 0.6 is 0 Å². The fourth-order valence-corrected chi connectivity index (χ4v) is 2.18. The number of H-pyrrole nitrogens is 1. The van der Waals surface area contributed by atoms with E-state index in [1.165, 1.54) is 5.56 Å². The third-order valence-corrected chi connectivity index (χ3v) is 3.30. The standard InChI is InChI=1S/C16H17N3O/c1-10-6-7-11(2)14(8-10)20-9-15-18-13-5-3-4-12(17)16(13)19-15/h3-8H,9,17H2,1-2H3,(H,18,19). The van der Waals surface area contributed by atoms with E-state index in [2.05, 4.69) is 22.1 Å². The van der Waals surface area contributed by atoms with Crippen LogP contribution in [0, 0.1) is 13.8 Å². The molecule has 1 heterocycles. The highest BCUT2D eigenvalue weighted by molar-refractivity contribution is 5.86. The van der Waals surface area contributed by atoms with Crippen LogP contribution in [0.5, 0.6) is 5.75 Å². The van der Waals surface area contributed by atoms with Crippen LogP contribution < -0.4 is 10.5 Å². The SMILES string of the molecule is Cc1ccc(C)c(OCc2nc3c(N)cccc3[nH]2)c1. The number of anilines is 1. The van der Waals surface area contributed by atoms with Crippen LogP contribution in [0.2, 0.25) is 0 Å². The Morgan fingerprint density at radius 2 is 2.05 bits per heavy atom. The van der Waals surface area contributed by atoms with E-state index in [0.717, 1.165) is 28.2 Å². The number of aromatic nitrogens is 2. The summed E-state index contributed by atoms with van der Waals surface area (Å²) in [6, 6.07) is 11.9. The van der Waals surface area contributed by atoms with Gasteiger partial charge in [0.05, 0.1) is 11.2 Å². The maximum atomic E-state index is 5.90. The van der Waals surface area contributed by atoms with Crippen molar-refractivity contribution in [2.24, 2.45) is 0 Å². The number of benzene rings is 2. The number of nitrogen functional groups attached to an aromatic ring is 1. The molecule has 2 aromatic carbocycles. The Morgan fingerprint density at radius 1 is 1.20 bits per heavy atom. The summed E-state index contributed by atoms with van der Waals surface area (Å²) >= 11 is 0. The highest BCUT2D eigenvalue weighted by Crippen LogP contribution is 2.22. The summed E-state index contributed by atoms with van der Waals surface area (Å²) in [5, 5.41) is 0. The van der Waals surface area contributed by atoms with Crippen molar-refractivity contribution < 1.29 is 4.74 Å². The molecule has 0 aliphatic rings. The number of imidazole rings is 1. The number of hydrogen-bond donors (Lipinski definition) is 2. The smallest absolute Gasteiger partial charge is 0.146 e. The molecule has 0 atom stereocenters. The maximum absolute atomic E-state index is 5.90. The molecule has 0 radical (unpaired) electrons.